The molecule has 1 aromatic heterocycles. The van der Waals surface area contributed by atoms with Gasteiger partial charge in [-0.3, -0.25) is 4.79 Å². The van der Waals surface area contributed by atoms with E-state index in [0.717, 1.165) is 11.3 Å². The molecule has 0 aliphatic rings. The zero-order valence-electron chi connectivity index (χ0n) is 11.3. The molecule has 0 fully saturated rings. The predicted molar refractivity (Wildman–Crippen MR) is 74.2 cm³/mol. The van der Waals surface area contributed by atoms with Gasteiger partial charge in [-0.05, 0) is 37.6 Å². The highest BCUT2D eigenvalue weighted by atomic mass is 16.4. The van der Waals surface area contributed by atoms with Crippen LogP contribution in [-0.2, 0) is 0 Å². The molecule has 5 heteroatoms. The van der Waals surface area contributed by atoms with Gasteiger partial charge in [0.15, 0.2) is 5.76 Å². The van der Waals surface area contributed by atoms with E-state index in [0.29, 0.717) is 6.54 Å². The van der Waals surface area contributed by atoms with Gasteiger partial charge in [0.25, 0.3) is 5.91 Å². The van der Waals surface area contributed by atoms with Gasteiger partial charge in [0.2, 0.25) is 5.76 Å². The number of carbonyl (C=O) groups excluding carboxylic acids is 1. The Morgan fingerprint density at radius 3 is 2.35 bits per heavy atom. The molecule has 2 aromatic rings. The Bertz CT molecular complexity index is 645. The van der Waals surface area contributed by atoms with Crippen molar-refractivity contribution in [3.63, 3.8) is 0 Å². The second kappa shape index (κ2) is 5.61. The molecule has 20 heavy (non-hydrogen) atoms. The maximum atomic E-state index is 12.4. The number of hydrogen-bond acceptors (Lipinski definition) is 3. The zero-order valence-corrected chi connectivity index (χ0v) is 11.3. The fourth-order valence-corrected chi connectivity index (χ4v) is 1.99. The van der Waals surface area contributed by atoms with Gasteiger partial charge >= 0.3 is 5.97 Å². The Balaban J connectivity index is 2.34. The molecule has 0 aliphatic carbocycles. The van der Waals surface area contributed by atoms with E-state index in [4.69, 9.17) is 9.52 Å². The first kappa shape index (κ1) is 13.9. The van der Waals surface area contributed by atoms with Crippen molar-refractivity contribution in [2.75, 3.05) is 11.4 Å². The molecule has 0 unspecified atom stereocenters. The summed E-state index contributed by atoms with van der Waals surface area (Å²) < 4.78 is 5.06. The highest BCUT2D eigenvalue weighted by molar-refractivity contribution is 6.05. The molecule has 1 N–H and O–H groups in total. The molecular formula is C15H15NO4. The van der Waals surface area contributed by atoms with E-state index < -0.39 is 5.97 Å². The number of benzene rings is 1. The highest BCUT2D eigenvalue weighted by Crippen LogP contribution is 2.22. The van der Waals surface area contributed by atoms with Crippen LogP contribution in [0.15, 0.2) is 40.8 Å². The molecule has 1 aromatic carbocycles. The van der Waals surface area contributed by atoms with Crippen LogP contribution in [0.5, 0.6) is 0 Å². The van der Waals surface area contributed by atoms with E-state index in [9.17, 15) is 9.59 Å². The van der Waals surface area contributed by atoms with Crippen LogP contribution in [0.25, 0.3) is 0 Å². The van der Waals surface area contributed by atoms with Crippen LogP contribution in [0.3, 0.4) is 0 Å². The maximum Gasteiger partial charge on any atom is 0.371 e. The number of rotatable bonds is 4. The fourth-order valence-electron chi connectivity index (χ4n) is 1.99. The number of aromatic carboxylic acids is 1. The summed E-state index contributed by atoms with van der Waals surface area (Å²) in [6.07, 6.45) is 0. The van der Waals surface area contributed by atoms with Gasteiger partial charge in [0.05, 0.1) is 0 Å². The Hall–Kier alpha value is -2.56. The third-order valence-corrected chi connectivity index (χ3v) is 3.00. The van der Waals surface area contributed by atoms with Crippen molar-refractivity contribution in [2.45, 2.75) is 13.8 Å². The van der Waals surface area contributed by atoms with Crippen LogP contribution in [0.2, 0.25) is 0 Å². The van der Waals surface area contributed by atoms with E-state index in [1.807, 2.05) is 38.1 Å². The standard InChI is InChI=1S/C15H15NO4/c1-3-16(11-7-5-4-6-10(11)2)14(17)12-8-9-13(20-12)15(18)19/h4-9H,3H2,1-2H3,(H,18,19). The molecule has 0 bridgehead atoms. The number of amides is 1. The summed E-state index contributed by atoms with van der Waals surface area (Å²) in [4.78, 5) is 24.7. The molecule has 0 saturated heterocycles. The Morgan fingerprint density at radius 2 is 1.80 bits per heavy atom. The number of furan rings is 1. The number of carboxylic acid groups (broad SMARTS) is 1. The molecule has 0 atom stereocenters. The molecule has 5 nitrogen and oxygen atoms in total. The smallest absolute Gasteiger partial charge is 0.371 e. The summed E-state index contributed by atoms with van der Waals surface area (Å²) in [5.74, 6) is -1.76. The first-order chi connectivity index (χ1) is 9.54. The van der Waals surface area contributed by atoms with Crippen molar-refractivity contribution < 1.29 is 19.1 Å². The molecule has 0 spiro atoms. The lowest BCUT2D eigenvalue weighted by atomic mass is 10.1. The second-order valence-corrected chi connectivity index (χ2v) is 4.30. The average Bonchev–Trinajstić information content (AvgIpc) is 2.91. The largest absolute Gasteiger partial charge is 0.475 e. The summed E-state index contributed by atoms with van der Waals surface area (Å²) in [5, 5.41) is 8.82. The average molecular weight is 273 g/mol. The molecule has 1 amide bonds. The minimum atomic E-state index is -1.19. The van der Waals surface area contributed by atoms with Crippen LogP contribution in [0, 0.1) is 6.92 Å². The number of anilines is 1. The molecule has 0 aliphatic heterocycles. The Labute approximate surface area is 116 Å². The molecule has 0 saturated carbocycles. The maximum absolute atomic E-state index is 12.4. The quantitative estimate of drug-likeness (QED) is 0.929. The van der Waals surface area contributed by atoms with Gasteiger partial charge in [-0.1, -0.05) is 18.2 Å². The third-order valence-electron chi connectivity index (χ3n) is 3.00. The van der Waals surface area contributed by atoms with Crippen LogP contribution in [0.1, 0.15) is 33.6 Å². The van der Waals surface area contributed by atoms with E-state index in [1.54, 1.807) is 4.90 Å². The van der Waals surface area contributed by atoms with Crippen LogP contribution >= 0.6 is 0 Å². The van der Waals surface area contributed by atoms with Crippen LogP contribution in [0.4, 0.5) is 5.69 Å². The number of carboxylic acids is 1. The molecule has 1 heterocycles. The topological polar surface area (TPSA) is 70.8 Å². The number of nitrogens with zero attached hydrogens (tertiary/aromatic N) is 1. The molecule has 2 rings (SSSR count). The first-order valence-electron chi connectivity index (χ1n) is 6.25. The number of para-hydroxylation sites is 1. The van der Waals surface area contributed by atoms with Crippen molar-refractivity contribution in [3.8, 4) is 0 Å². The summed E-state index contributed by atoms with van der Waals surface area (Å²) >= 11 is 0. The van der Waals surface area contributed by atoms with E-state index in [2.05, 4.69) is 0 Å². The van der Waals surface area contributed by atoms with Gasteiger partial charge in [-0.15, -0.1) is 0 Å². The number of carbonyl (C=O) groups is 2. The Morgan fingerprint density at radius 1 is 1.15 bits per heavy atom. The molecular weight excluding hydrogens is 258 g/mol. The monoisotopic (exact) mass is 273 g/mol. The minimum Gasteiger partial charge on any atom is -0.475 e. The van der Waals surface area contributed by atoms with Gasteiger partial charge in [-0.2, -0.15) is 0 Å². The van der Waals surface area contributed by atoms with Crippen LogP contribution < -0.4 is 4.90 Å². The normalized spacial score (nSPS) is 10.3. The van der Waals surface area contributed by atoms with E-state index in [-0.39, 0.29) is 17.4 Å². The van der Waals surface area contributed by atoms with Crippen molar-refractivity contribution in [1.82, 2.24) is 0 Å². The minimum absolute atomic E-state index is 0.0208. The lowest BCUT2D eigenvalue weighted by Gasteiger charge is -2.21. The SMILES string of the molecule is CCN(C(=O)c1ccc(C(=O)O)o1)c1ccccc1C. The summed E-state index contributed by atoms with van der Waals surface area (Å²) in [7, 11) is 0. The summed E-state index contributed by atoms with van der Waals surface area (Å²) in [6.45, 7) is 4.23. The van der Waals surface area contributed by atoms with Crippen molar-refractivity contribution in [1.29, 1.82) is 0 Å². The third kappa shape index (κ3) is 2.56. The first-order valence-corrected chi connectivity index (χ1v) is 6.25. The van der Waals surface area contributed by atoms with Crippen molar-refractivity contribution >= 4 is 17.6 Å². The fraction of sp³-hybridized carbons (Fsp3) is 0.200. The summed E-state index contributed by atoms with van der Waals surface area (Å²) in [5.41, 5.74) is 1.75. The van der Waals surface area contributed by atoms with E-state index in [1.165, 1.54) is 12.1 Å². The van der Waals surface area contributed by atoms with Gasteiger partial charge in [0, 0.05) is 12.2 Å². The van der Waals surface area contributed by atoms with Crippen molar-refractivity contribution in [2.24, 2.45) is 0 Å². The highest BCUT2D eigenvalue weighted by Gasteiger charge is 2.22. The van der Waals surface area contributed by atoms with Crippen LogP contribution in [-0.4, -0.2) is 23.5 Å². The van der Waals surface area contributed by atoms with Gasteiger partial charge < -0.3 is 14.4 Å². The lowest BCUT2D eigenvalue weighted by Crippen LogP contribution is -2.30. The zero-order chi connectivity index (χ0) is 14.7. The molecule has 0 radical (unpaired) electrons. The Kier molecular flexibility index (Phi) is 3.89. The lowest BCUT2D eigenvalue weighted by molar-refractivity contribution is 0.0660. The van der Waals surface area contributed by atoms with Crippen molar-refractivity contribution in [3.05, 3.63) is 53.5 Å². The number of aryl methyl sites for hydroxylation is 1. The molecule has 104 valence electrons. The summed E-state index contributed by atoms with van der Waals surface area (Å²) in [6, 6.07) is 10.2. The van der Waals surface area contributed by atoms with Gasteiger partial charge in [-0.25, -0.2) is 4.79 Å². The predicted octanol–water partition coefficient (Wildman–Crippen LogP) is 2.95. The van der Waals surface area contributed by atoms with Gasteiger partial charge in [0.1, 0.15) is 0 Å². The second-order valence-electron chi connectivity index (χ2n) is 4.30. The number of hydrogen-bond donors (Lipinski definition) is 1. The van der Waals surface area contributed by atoms with E-state index >= 15 is 0 Å².